The first-order chi connectivity index (χ1) is 6.91. The van der Waals surface area contributed by atoms with E-state index in [9.17, 15) is 0 Å². The predicted molar refractivity (Wildman–Crippen MR) is 74.8 cm³/mol. The van der Waals surface area contributed by atoms with Crippen molar-refractivity contribution in [1.82, 2.24) is 0 Å². The van der Waals surface area contributed by atoms with Crippen LogP contribution in [0.1, 0.15) is 40.0 Å². The summed E-state index contributed by atoms with van der Waals surface area (Å²) in [5.41, 5.74) is 0. The minimum atomic E-state index is -3.13. The zero-order chi connectivity index (χ0) is 12.3. The maximum absolute atomic E-state index is 8.74. The van der Waals surface area contributed by atoms with Crippen LogP contribution >= 0.6 is 29.7 Å². The topological polar surface area (TPSA) is 57.5 Å². The van der Waals surface area contributed by atoms with Crippen LogP contribution in [0.15, 0.2) is 0 Å². The maximum atomic E-state index is 8.74. The third-order valence-electron chi connectivity index (χ3n) is 1.87. The van der Waals surface area contributed by atoms with Gasteiger partial charge in [0, 0.05) is 0 Å². The summed E-state index contributed by atoms with van der Waals surface area (Å²) in [7, 11) is -3.13. The number of hydrogen-bond donors (Lipinski definition) is 2. The van der Waals surface area contributed by atoms with Crippen LogP contribution in [-0.2, 0) is 4.57 Å². The molecule has 0 aliphatic rings. The van der Waals surface area contributed by atoms with Crippen molar-refractivity contribution in [3.05, 3.63) is 0 Å². The Kier molecular flexibility index (Phi) is 14.2. The van der Waals surface area contributed by atoms with Gasteiger partial charge in [-0.1, -0.05) is 61.5 Å². The zero-order valence-electron chi connectivity index (χ0n) is 9.87. The number of hydrogen-bond acceptors (Lipinski definition) is 1. The molecule has 0 rings (SSSR count). The summed E-state index contributed by atoms with van der Waals surface area (Å²) in [5, 5.41) is 0. The number of halogens is 1. The summed E-state index contributed by atoms with van der Waals surface area (Å²) in [6, 6.07) is 0. The fraction of sp³-hybridized carbons (Fsp3) is 1.00. The van der Waals surface area contributed by atoms with E-state index in [0.29, 0.717) is 0 Å². The van der Waals surface area contributed by atoms with Crippen molar-refractivity contribution in [2.24, 2.45) is 0 Å². The van der Waals surface area contributed by atoms with Gasteiger partial charge in [-0.25, -0.2) is 0 Å². The average molecular weight is 322 g/mol. The summed E-state index contributed by atoms with van der Waals surface area (Å²) in [5.74, 6) is -0.657. The Bertz CT molecular complexity index is 146. The van der Waals surface area contributed by atoms with Crippen molar-refractivity contribution >= 4 is 29.7 Å². The van der Waals surface area contributed by atoms with E-state index in [4.69, 9.17) is 14.4 Å². The first-order valence-corrected chi connectivity index (χ1v) is 11.1. The fourth-order valence-electron chi connectivity index (χ4n) is 1.54. The molecule has 0 aromatic heterocycles. The van der Waals surface area contributed by atoms with Gasteiger partial charge in [-0.15, -0.1) is 0 Å². The molecule has 0 fully saturated rings. The van der Waals surface area contributed by atoms with Gasteiger partial charge in [0.25, 0.3) is 0 Å². The largest absolute Gasteiger partial charge is 0.326 e. The average Bonchev–Trinajstić information content (AvgIpc) is 2.03. The molecular weight excluding hydrogens is 298 g/mol. The molecular formula is C9H24BrO3P2. The molecule has 0 aliphatic heterocycles. The lowest BCUT2D eigenvalue weighted by Crippen LogP contribution is -2.00. The Morgan fingerprint density at radius 2 is 1.20 bits per heavy atom. The Morgan fingerprint density at radius 1 is 1.00 bits per heavy atom. The molecule has 0 saturated carbocycles. The lowest BCUT2D eigenvalue weighted by atomic mass is 10.6. The second-order valence-electron chi connectivity index (χ2n) is 3.48. The van der Waals surface area contributed by atoms with Crippen molar-refractivity contribution < 1.29 is 14.4 Å². The summed E-state index contributed by atoms with van der Waals surface area (Å²) in [6.45, 7) is 6.88. The highest BCUT2D eigenvalue weighted by Crippen LogP contribution is 2.67. The second-order valence-corrected chi connectivity index (χ2v) is 12.0. The molecule has 0 unspecified atom stereocenters. The fourth-order valence-corrected chi connectivity index (χ4v) is 7.80. The molecule has 3 nitrogen and oxygen atoms in total. The van der Waals surface area contributed by atoms with E-state index in [-0.39, 0.29) is 0 Å². The Hall–Kier alpha value is 1.06. The Labute approximate surface area is 103 Å². The zero-order valence-corrected chi connectivity index (χ0v) is 13.4. The van der Waals surface area contributed by atoms with Crippen LogP contribution in [0.5, 0.6) is 0 Å². The molecule has 0 spiro atoms. The quantitative estimate of drug-likeness (QED) is 0.729. The van der Waals surface area contributed by atoms with Crippen LogP contribution < -0.4 is 0 Å². The minimum absolute atomic E-state index is 0.657. The van der Waals surface area contributed by atoms with Gasteiger partial charge in [-0.3, -0.25) is 4.57 Å². The smallest absolute Gasteiger partial charge is 0.314 e. The Balaban J connectivity index is 0. The maximum Gasteiger partial charge on any atom is 0.314 e. The van der Waals surface area contributed by atoms with E-state index in [1.54, 1.807) is 0 Å². The molecule has 2 N–H and O–H groups in total. The first-order valence-electron chi connectivity index (χ1n) is 5.39. The van der Waals surface area contributed by atoms with E-state index in [2.05, 4.69) is 36.3 Å². The monoisotopic (exact) mass is 321 g/mol. The van der Waals surface area contributed by atoms with Crippen molar-refractivity contribution in [2.45, 2.75) is 40.0 Å². The summed E-state index contributed by atoms with van der Waals surface area (Å²) >= 11 is 3.98. The molecule has 0 heterocycles. The lowest BCUT2D eigenvalue weighted by Gasteiger charge is -2.28. The van der Waals surface area contributed by atoms with E-state index in [1.807, 2.05) is 0 Å². The van der Waals surface area contributed by atoms with E-state index < -0.39 is 14.2 Å². The van der Waals surface area contributed by atoms with Crippen molar-refractivity contribution in [2.75, 3.05) is 18.5 Å². The minimum Gasteiger partial charge on any atom is -0.326 e. The Morgan fingerprint density at radius 3 is 1.33 bits per heavy atom. The van der Waals surface area contributed by atoms with Crippen molar-refractivity contribution in [3.8, 4) is 0 Å². The summed E-state index contributed by atoms with van der Waals surface area (Å²) in [6.07, 6.45) is 8.36. The third kappa shape index (κ3) is 15.1. The normalized spacial score (nSPS) is 11.1. The van der Waals surface area contributed by atoms with Crippen LogP contribution in [0.3, 0.4) is 0 Å². The van der Waals surface area contributed by atoms with Crippen LogP contribution in [0, 0.1) is 0 Å². The van der Waals surface area contributed by atoms with Gasteiger partial charge in [-0.2, -0.15) is 0 Å². The molecule has 1 radical (unpaired) electrons. The van der Waals surface area contributed by atoms with E-state index in [1.165, 1.54) is 37.7 Å². The predicted octanol–water partition coefficient (Wildman–Crippen LogP) is 3.90. The standard InChI is InChI=1S/C9H21BrP.H3O3P/c1-4-7-11(10,8-5-2)9-6-3;1-4(2)3/h4-9H2,1-3H3;4H,(H2,1,2,3). The molecule has 0 atom stereocenters. The molecule has 0 amide bonds. The molecule has 0 aliphatic carbocycles. The van der Waals surface area contributed by atoms with Crippen LogP contribution in [0.4, 0.5) is 0 Å². The van der Waals surface area contributed by atoms with Crippen LogP contribution in [0.25, 0.3) is 0 Å². The highest BCUT2D eigenvalue weighted by Gasteiger charge is 2.19. The summed E-state index contributed by atoms with van der Waals surface area (Å²) in [4.78, 5) is 14.3. The molecule has 0 bridgehead atoms. The van der Waals surface area contributed by atoms with E-state index >= 15 is 0 Å². The number of rotatable bonds is 6. The van der Waals surface area contributed by atoms with Gasteiger partial charge in [0.15, 0.2) is 0 Å². The van der Waals surface area contributed by atoms with Gasteiger partial charge in [0.1, 0.15) is 0 Å². The molecule has 95 valence electrons. The van der Waals surface area contributed by atoms with Gasteiger partial charge in [-0.05, 0) is 18.5 Å². The van der Waals surface area contributed by atoms with Crippen LogP contribution in [0.2, 0.25) is 0 Å². The molecule has 15 heavy (non-hydrogen) atoms. The van der Waals surface area contributed by atoms with Crippen molar-refractivity contribution in [1.29, 1.82) is 0 Å². The highest BCUT2D eigenvalue weighted by molar-refractivity contribution is 9.42. The highest BCUT2D eigenvalue weighted by atomic mass is 79.9. The lowest BCUT2D eigenvalue weighted by molar-refractivity contribution is 0.405. The SMILES string of the molecule is CCC[P](Br)(CCC)CCC.O=[PH](O)O. The summed E-state index contributed by atoms with van der Waals surface area (Å²) < 4.78 is 8.74. The van der Waals surface area contributed by atoms with Crippen molar-refractivity contribution in [3.63, 3.8) is 0 Å². The molecule has 6 heteroatoms. The van der Waals surface area contributed by atoms with Gasteiger partial charge < -0.3 is 9.79 Å². The first kappa shape index (κ1) is 18.4. The molecule has 0 aromatic rings. The van der Waals surface area contributed by atoms with Crippen LogP contribution in [-0.4, -0.2) is 28.3 Å². The molecule has 0 saturated heterocycles. The second kappa shape index (κ2) is 11.5. The van der Waals surface area contributed by atoms with Gasteiger partial charge >= 0.3 is 8.25 Å². The van der Waals surface area contributed by atoms with E-state index in [0.717, 1.165) is 0 Å². The van der Waals surface area contributed by atoms with Gasteiger partial charge in [0.2, 0.25) is 0 Å². The third-order valence-corrected chi connectivity index (χ3v) is 8.81. The molecule has 0 aromatic carbocycles. The van der Waals surface area contributed by atoms with Gasteiger partial charge in [0.05, 0.1) is 0 Å².